The standard InChI is InChI=1S/C16H14ClNO6/c1-10-7-11(4-5-12(10)17)23-9-15(20)24-8-14(19)18-16(21)13-3-2-6-22-13/h2-7H,8-9H2,1H3,(H,18,19,21). The molecule has 2 aromatic rings. The minimum Gasteiger partial charge on any atom is -0.482 e. The Bertz CT molecular complexity index is 741. The van der Waals surface area contributed by atoms with E-state index in [1.54, 1.807) is 25.1 Å². The average molecular weight is 352 g/mol. The van der Waals surface area contributed by atoms with Crippen molar-refractivity contribution in [1.82, 2.24) is 5.32 Å². The van der Waals surface area contributed by atoms with Crippen molar-refractivity contribution in [3.63, 3.8) is 0 Å². The predicted molar refractivity (Wildman–Crippen MR) is 83.8 cm³/mol. The van der Waals surface area contributed by atoms with Crippen LogP contribution in [0.25, 0.3) is 0 Å². The van der Waals surface area contributed by atoms with Gasteiger partial charge < -0.3 is 13.9 Å². The summed E-state index contributed by atoms with van der Waals surface area (Å²) in [4.78, 5) is 34.6. The van der Waals surface area contributed by atoms with Gasteiger partial charge in [0.25, 0.3) is 11.8 Å². The van der Waals surface area contributed by atoms with Gasteiger partial charge in [0.1, 0.15) is 5.75 Å². The molecule has 1 aromatic carbocycles. The maximum atomic E-state index is 11.5. The van der Waals surface area contributed by atoms with Crippen molar-refractivity contribution in [1.29, 1.82) is 0 Å². The van der Waals surface area contributed by atoms with Crippen LogP contribution in [0.5, 0.6) is 5.75 Å². The number of carbonyl (C=O) groups excluding carboxylic acids is 3. The van der Waals surface area contributed by atoms with Crippen LogP contribution in [0.4, 0.5) is 0 Å². The first kappa shape index (κ1) is 17.6. The molecule has 0 aliphatic rings. The van der Waals surface area contributed by atoms with Crippen LogP contribution >= 0.6 is 11.6 Å². The first-order valence-electron chi connectivity index (χ1n) is 6.88. The first-order valence-corrected chi connectivity index (χ1v) is 7.26. The van der Waals surface area contributed by atoms with Gasteiger partial charge in [-0.1, -0.05) is 11.6 Å². The third kappa shape index (κ3) is 5.13. The summed E-state index contributed by atoms with van der Waals surface area (Å²) in [6.07, 6.45) is 1.30. The molecule has 24 heavy (non-hydrogen) atoms. The van der Waals surface area contributed by atoms with Gasteiger partial charge in [0.15, 0.2) is 19.0 Å². The Labute approximate surface area is 142 Å². The summed E-state index contributed by atoms with van der Waals surface area (Å²) in [6.45, 7) is 0.822. The van der Waals surface area contributed by atoms with Crippen LogP contribution in [0.15, 0.2) is 41.0 Å². The second-order valence-corrected chi connectivity index (χ2v) is 5.12. The van der Waals surface area contributed by atoms with Gasteiger partial charge in [-0.3, -0.25) is 14.9 Å². The number of carbonyl (C=O) groups is 3. The van der Waals surface area contributed by atoms with E-state index in [4.69, 9.17) is 25.5 Å². The molecule has 1 N–H and O–H groups in total. The summed E-state index contributed by atoms with van der Waals surface area (Å²) in [5, 5.41) is 2.61. The fourth-order valence-electron chi connectivity index (χ4n) is 1.67. The van der Waals surface area contributed by atoms with Crippen LogP contribution in [0.2, 0.25) is 5.02 Å². The van der Waals surface area contributed by atoms with Gasteiger partial charge in [-0.2, -0.15) is 0 Å². The van der Waals surface area contributed by atoms with Crippen LogP contribution in [0.1, 0.15) is 16.1 Å². The molecule has 0 atom stereocenters. The highest BCUT2D eigenvalue weighted by atomic mass is 35.5. The Morgan fingerprint density at radius 2 is 2.00 bits per heavy atom. The number of furan rings is 1. The highest BCUT2D eigenvalue weighted by Crippen LogP contribution is 2.20. The molecule has 0 bridgehead atoms. The smallest absolute Gasteiger partial charge is 0.344 e. The van der Waals surface area contributed by atoms with Crippen LogP contribution in [0, 0.1) is 6.92 Å². The number of amides is 2. The minimum atomic E-state index is -0.771. The van der Waals surface area contributed by atoms with E-state index in [2.05, 4.69) is 0 Å². The Hall–Kier alpha value is -2.80. The first-order chi connectivity index (χ1) is 11.5. The number of halogens is 1. The van der Waals surface area contributed by atoms with E-state index < -0.39 is 24.4 Å². The number of rotatable bonds is 6. The summed E-state index contributed by atoms with van der Waals surface area (Å²) in [5.41, 5.74) is 0.804. The van der Waals surface area contributed by atoms with E-state index in [0.29, 0.717) is 10.8 Å². The number of ether oxygens (including phenoxy) is 2. The second-order valence-electron chi connectivity index (χ2n) is 4.71. The topological polar surface area (TPSA) is 94.8 Å². The van der Waals surface area contributed by atoms with Gasteiger partial charge in [-0.05, 0) is 42.8 Å². The lowest BCUT2D eigenvalue weighted by molar-refractivity contribution is -0.150. The number of nitrogens with one attached hydrogen (secondary N) is 1. The normalized spacial score (nSPS) is 10.1. The minimum absolute atomic E-state index is 0.0175. The van der Waals surface area contributed by atoms with Crippen molar-refractivity contribution in [2.24, 2.45) is 0 Å². The number of hydrogen-bond acceptors (Lipinski definition) is 6. The molecular formula is C16H14ClNO6. The van der Waals surface area contributed by atoms with Crippen molar-refractivity contribution < 1.29 is 28.3 Å². The molecule has 2 rings (SSSR count). The molecule has 2 amide bonds. The summed E-state index contributed by atoms with van der Waals surface area (Å²) in [5.74, 6) is -1.80. The molecule has 1 aromatic heterocycles. The molecule has 0 aliphatic carbocycles. The van der Waals surface area contributed by atoms with Gasteiger partial charge in [0, 0.05) is 5.02 Å². The number of benzene rings is 1. The van der Waals surface area contributed by atoms with Crippen molar-refractivity contribution in [2.75, 3.05) is 13.2 Å². The lowest BCUT2D eigenvalue weighted by Gasteiger charge is -2.08. The lowest BCUT2D eigenvalue weighted by Crippen LogP contribution is -2.34. The van der Waals surface area contributed by atoms with Crippen molar-refractivity contribution in [3.8, 4) is 5.75 Å². The average Bonchev–Trinajstić information content (AvgIpc) is 3.08. The molecule has 0 radical (unpaired) electrons. The summed E-state index contributed by atoms with van der Waals surface area (Å²) in [7, 11) is 0. The molecular weight excluding hydrogens is 338 g/mol. The van der Waals surface area contributed by atoms with Crippen molar-refractivity contribution in [2.45, 2.75) is 6.92 Å². The molecule has 8 heteroatoms. The van der Waals surface area contributed by atoms with Crippen LogP contribution in [-0.2, 0) is 14.3 Å². The monoisotopic (exact) mass is 351 g/mol. The Morgan fingerprint density at radius 3 is 2.67 bits per heavy atom. The lowest BCUT2D eigenvalue weighted by atomic mass is 10.2. The third-order valence-electron chi connectivity index (χ3n) is 2.85. The van der Waals surface area contributed by atoms with Crippen molar-refractivity contribution >= 4 is 29.4 Å². The Kier molecular flexibility index (Phi) is 5.97. The molecule has 0 saturated heterocycles. The largest absolute Gasteiger partial charge is 0.482 e. The molecule has 1 heterocycles. The number of aryl methyl sites for hydroxylation is 1. The number of esters is 1. The van der Waals surface area contributed by atoms with Crippen LogP contribution in [-0.4, -0.2) is 31.0 Å². The predicted octanol–water partition coefficient (Wildman–Crippen LogP) is 2.12. The number of hydrogen-bond donors (Lipinski definition) is 1. The maximum Gasteiger partial charge on any atom is 0.344 e. The highest BCUT2D eigenvalue weighted by molar-refractivity contribution is 6.31. The molecule has 0 aliphatic heterocycles. The second kappa shape index (κ2) is 8.16. The Morgan fingerprint density at radius 1 is 1.21 bits per heavy atom. The van der Waals surface area contributed by atoms with Crippen LogP contribution in [0.3, 0.4) is 0 Å². The van der Waals surface area contributed by atoms with Crippen LogP contribution < -0.4 is 10.1 Å². The molecule has 0 spiro atoms. The SMILES string of the molecule is Cc1cc(OCC(=O)OCC(=O)NC(=O)c2ccco2)ccc1Cl. The zero-order valence-electron chi connectivity index (χ0n) is 12.7. The fraction of sp³-hybridized carbons (Fsp3) is 0.188. The van der Waals surface area contributed by atoms with Gasteiger partial charge >= 0.3 is 5.97 Å². The molecule has 126 valence electrons. The third-order valence-corrected chi connectivity index (χ3v) is 3.27. The van der Waals surface area contributed by atoms with Gasteiger partial charge in [-0.15, -0.1) is 0 Å². The van der Waals surface area contributed by atoms with Crippen molar-refractivity contribution in [3.05, 3.63) is 52.9 Å². The summed E-state index contributed by atoms with van der Waals surface area (Å²) >= 11 is 5.88. The molecule has 7 nitrogen and oxygen atoms in total. The van der Waals surface area contributed by atoms with E-state index in [-0.39, 0.29) is 12.4 Å². The van der Waals surface area contributed by atoms with E-state index in [1.807, 2.05) is 5.32 Å². The molecule has 0 fully saturated rings. The zero-order chi connectivity index (χ0) is 17.5. The molecule has 0 saturated carbocycles. The van der Waals surface area contributed by atoms with Gasteiger partial charge in [0.05, 0.1) is 6.26 Å². The summed E-state index contributed by atoms with van der Waals surface area (Å²) in [6, 6.07) is 7.83. The molecule has 0 unspecified atom stereocenters. The zero-order valence-corrected chi connectivity index (χ0v) is 13.5. The number of imide groups is 1. The van der Waals surface area contributed by atoms with Gasteiger partial charge in [-0.25, -0.2) is 4.79 Å². The van der Waals surface area contributed by atoms with Gasteiger partial charge in [0.2, 0.25) is 0 Å². The van der Waals surface area contributed by atoms with E-state index in [1.165, 1.54) is 18.4 Å². The highest BCUT2D eigenvalue weighted by Gasteiger charge is 2.14. The van der Waals surface area contributed by atoms with E-state index in [0.717, 1.165) is 5.56 Å². The van der Waals surface area contributed by atoms with E-state index in [9.17, 15) is 14.4 Å². The maximum absolute atomic E-state index is 11.5. The summed E-state index contributed by atoms with van der Waals surface area (Å²) < 4.78 is 14.8. The Balaban J connectivity index is 1.71. The quantitative estimate of drug-likeness (QED) is 0.801. The fourth-order valence-corrected chi connectivity index (χ4v) is 1.79. The van der Waals surface area contributed by atoms with E-state index >= 15 is 0 Å².